The zero-order valence-corrected chi connectivity index (χ0v) is 13.3. The van der Waals surface area contributed by atoms with E-state index < -0.39 is 0 Å². The summed E-state index contributed by atoms with van der Waals surface area (Å²) in [5.41, 5.74) is 7.35. The first-order valence-electron chi connectivity index (χ1n) is 6.42. The molecule has 0 saturated carbocycles. The molecule has 0 saturated heterocycles. The predicted octanol–water partition coefficient (Wildman–Crippen LogP) is 1.35. The number of aromatic nitrogens is 1. The Morgan fingerprint density at radius 2 is 1.95 bits per heavy atom. The Balaban J connectivity index is 2.31. The van der Waals surface area contributed by atoms with Crippen LogP contribution in [0.25, 0.3) is 10.2 Å². The van der Waals surface area contributed by atoms with Crippen molar-refractivity contribution in [3.63, 3.8) is 0 Å². The SMILES string of the molecule is Cc1ccc2c(N)c(C(=O)N(C)CC(=O)N(C)C)sc2n1. The number of likely N-dealkylation sites (N-methyl/N-ethyl adjacent to an activating group) is 2. The van der Waals surface area contributed by atoms with Crippen LogP contribution in [0.1, 0.15) is 15.4 Å². The van der Waals surface area contributed by atoms with Crippen molar-refractivity contribution in [1.29, 1.82) is 0 Å². The lowest BCUT2D eigenvalue weighted by Gasteiger charge is -2.18. The van der Waals surface area contributed by atoms with Gasteiger partial charge in [-0.05, 0) is 19.1 Å². The quantitative estimate of drug-likeness (QED) is 0.928. The van der Waals surface area contributed by atoms with Gasteiger partial charge in [0.05, 0.1) is 12.2 Å². The first-order valence-corrected chi connectivity index (χ1v) is 7.24. The molecule has 6 nitrogen and oxygen atoms in total. The van der Waals surface area contributed by atoms with Crippen molar-refractivity contribution >= 4 is 39.1 Å². The van der Waals surface area contributed by atoms with Gasteiger partial charge in [0, 0.05) is 32.2 Å². The van der Waals surface area contributed by atoms with Gasteiger partial charge in [0.2, 0.25) is 5.91 Å². The maximum atomic E-state index is 12.4. The van der Waals surface area contributed by atoms with Gasteiger partial charge in [0.15, 0.2) is 0 Å². The van der Waals surface area contributed by atoms with Crippen LogP contribution in [-0.4, -0.2) is 54.3 Å². The van der Waals surface area contributed by atoms with Crippen LogP contribution in [0, 0.1) is 6.92 Å². The Bertz CT molecular complexity index is 708. The van der Waals surface area contributed by atoms with Gasteiger partial charge in [0.25, 0.3) is 5.91 Å². The van der Waals surface area contributed by atoms with Gasteiger partial charge in [-0.2, -0.15) is 0 Å². The van der Waals surface area contributed by atoms with Crippen LogP contribution in [-0.2, 0) is 4.79 Å². The molecule has 0 aliphatic carbocycles. The van der Waals surface area contributed by atoms with Gasteiger partial charge in [-0.3, -0.25) is 9.59 Å². The zero-order valence-electron chi connectivity index (χ0n) is 12.5. The van der Waals surface area contributed by atoms with E-state index in [1.807, 2.05) is 19.1 Å². The number of nitrogens with zero attached hydrogens (tertiary/aromatic N) is 3. The van der Waals surface area contributed by atoms with Gasteiger partial charge in [-0.15, -0.1) is 11.3 Å². The summed E-state index contributed by atoms with van der Waals surface area (Å²) < 4.78 is 0. The second-order valence-electron chi connectivity index (χ2n) is 5.10. The fourth-order valence-corrected chi connectivity index (χ4v) is 2.97. The molecular weight excluding hydrogens is 288 g/mol. The Morgan fingerprint density at radius 3 is 2.57 bits per heavy atom. The molecule has 0 spiro atoms. The van der Waals surface area contributed by atoms with E-state index in [0.29, 0.717) is 10.6 Å². The summed E-state index contributed by atoms with van der Waals surface area (Å²) in [6.45, 7) is 1.91. The molecule has 2 amide bonds. The maximum absolute atomic E-state index is 12.4. The van der Waals surface area contributed by atoms with Gasteiger partial charge >= 0.3 is 0 Å². The average molecular weight is 306 g/mol. The molecule has 0 fully saturated rings. The molecule has 0 unspecified atom stereocenters. The third kappa shape index (κ3) is 2.97. The summed E-state index contributed by atoms with van der Waals surface area (Å²) in [7, 11) is 4.90. The summed E-state index contributed by atoms with van der Waals surface area (Å²) in [5, 5.41) is 0.779. The van der Waals surface area contributed by atoms with E-state index in [0.717, 1.165) is 15.9 Å². The number of anilines is 1. The van der Waals surface area contributed by atoms with E-state index in [1.54, 1.807) is 21.1 Å². The number of hydrogen-bond acceptors (Lipinski definition) is 5. The van der Waals surface area contributed by atoms with Crippen LogP contribution in [0.5, 0.6) is 0 Å². The van der Waals surface area contributed by atoms with Crippen molar-refractivity contribution in [1.82, 2.24) is 14.8 Å². The Labute approximate surface area is 127 Å². The first-order chi connectivity index (χ1) is 9.81. The number of rotatable bonds is 3. The van der Waals surface area contributed by atoms with E-state index in [4.69, 9.17) is 5.73 Å². The van der Waals surface area contributed by atoms with Gasteiger partial charge < -0.3 is 15.5 Å². The van der Waals surface area contributed by atoms with Crippen molar-refractivity contribution in [2.45, 2.75) is 6.92 Å². The summed E-state index contributed by atoms with van der Waals surface area (Å²) in [5.74, 6) is -0.400. The lowest BCUT2D eigenvalue weighted by molar-refractivity contribution is -0.129. The smallest absolute Gasteiger partial charge is 0.266 e. The number of carbonyl (C=O) groups excluding carboxylic acids is 2. The van der Waals surface area contributed by atoms with Crippen LogP contribution in [0.3, 0.4) is 0 Å². The summed E-state index contributed by atoms with van der Waals surface area (Å²) in [6.07, 6.45) is 0. The van der Waals surface area contributed by atoms with Crippen LogP contribution >= 0.6 is 11.3 Å². The van der Waals surface area contributed by atoms with E-state index in [2.05, 4.69) is 4.98 Å². The highest BCUT2D eigenvalue weighted by molar-refractivity contribution is 7.21. The van der Waals surface area contributed by atoms with Crippen LogP contribution in [0.4, 0.5) is 5.69 Å². The minimum atomic E-state index is -0.261. The standard InChI is InChI=1S/C14H18N4O2S/c1-8-5-6-9-11(15)12(21-13(9)16-8)14(20)18(4)7-10(19)17(2)3/h5-6H,7,15H2,1-4H3. The van der Waals surface area contributed by atoms with Crippen molar-refractivity contribution < 1.29 is 9.59 Å². The molecule has 0 aliphatic rings. The maximum Gasteiger partial charge on any atom is 0.266 e. The highest BCUT2D eigenvalue weighted by atomic mass is 32.1. The highest BCUT2D eigenvalue weighted by Gasteiger charge is 2.22. The second kappa shape index (κ2) is 5.69. The number of hydrogen-bond donors (Lipinski definition) is 1. The number of fused-ring (bicyclic) bond motifs is 1. The van der Waals surface area contributed by atoms with Crippen LogP contribution < -0.4 is 5.73 Å². The van der Waals surface area contributed by atoms with E-state index in [1.165, 1.54) is 21.1 Å². The molecule has 0 aromatic carbocycles. The zero-order chi connectivity index (χ0) is 15.7. The second-order valence-corrected chi connectivity index (χ2v) is 6.10. The van der Waals surface area contributed by atoms with Crippen molar-refractivity contribution in [2.24, 2.45) is 0 Å². The Morgan fingerprint density at radius 1 is 1.29 bits per heavy atom. The molecule has 2 aromatic rings. The number of pyridine rings is 1. The third-order valence-corrected chi connectivity index (χ3v) is 4.25. The Kier molecular flexibility index (Phi) is 4.13. The van der Waals surface area contributed by atoms with Crippen molar-refractivity contribution in [3.05, 3.63) is 22.7 Å². The van der Waals surface area contributed by atoms with Gasteiger partial charge in [0.1, 0.15) is 9.71 Å². The molecule has 0 atom stereocenters. The number of nitrogens with two attached hydrogens (primary N) is 1. The van der Waals surface area contributed by atoms with E-state index >= 15 is 0 Å². The fraction of sp³-hybridized carbons (Fsp3) is 0.357. The predicted molar refractivity (Wildman–Crippen MR) is 84.4 cm³/mol. The molecule has 2 heterocycles. The number of thiophene rings is 1. The molecule has 0 aliphatic heterocycles. The third-order valence-electron chi connectivity index (χ3n) is 3.15. The average Bonchev–Trinajstić information content (AvgIpc) is 2.74. The summed E-state index contributed by atoms with van der Waals surface area (Å²) in [4.78, 5) is 32.5. The summed E-state index contributed by atoms with van der Waals surface area (Å²) in [6, 6.07) is 3.73. The minimum Gasteiger partial charge on any atom is -0.397 e. The normalized spacial score (nSPS) is 10.7. The molecule has 21 heavy (non-hydrogen) atoms. The highest BCUT2D eigenvalue weighted by Crippen LogP contribution is 2.33. The molecular formula is C14H18N4O2S. The van der Waals surface area contributed by atoms with E-state index in [9.17, 15) is 9.59 Å². The lowest BCUT2D eigenvalue weighted by Crippen LogP contribution is -2.37. The van der Waals surface area contributed by atoms with Crippen molar-refractivity contribution in [2.75, 3.05) is 33.4 Å². The Hall–Kier alpha value is -2.15. The largest absolute Gasteiger partial charge is 0.397 e. The lowest BCUT2D eigenvalue weighted by atomic mass is 10.2. The first kappa shape index (κ1) is 15.2. The van der Waals surface area contributed by atoms with Crippen LogP contribution in [0.15, 0.2) is 12.1 Å². The molecule has 112 valence electrons. The topological polar surface area (TPSA) is 79.5 Å². The molecule has 2 N–H and O–H groups in total. The number of carbonyl (C=O) groups is 2. The molecule has 0 bridgehead atoms. The number of aryl methyl sites for hydroxylation is 1. The summed E-state index contributed by atoms with van der Waals surface area (Å²) >= 11 is 1.26. The number of amides is 2. The minimum absolute atomic E-state index is 0.0198. The van der Waals surface area contributed by atoms with Gasteiger partial charge in [-0.25, -0.2) is 4.98 Å². The van der Waals surface area contributed by atoms with Crippen molar-refractivity contribution in [3.8, 4) is 0 Å². The molecule has 2 aromatic heterocycles. The molecule has 2 rings (SSSR count). The molecule has 0 radical (unpaired) electrons. The number of nitrogen functional groups attached to an aromatic ring is 1. The van der Waals surface area contributed by atoms with Gasteiger partial charge in [-0.1, -0.05) is 0 Å². The fourth-order valence-electron chi connectivity index (χ4n) is 1.84. The van der Waals surface area contributed by atoms with Crippen LogP contribution in [0.2, 0.25) is 0 Å². The molecule has 7 heteroatoms. The van der Waals surface area contributed by atoms with E-state index in [-0.39, 0.29) is 18.4 Å². The monoisotopic (exact) mass is 306 g/mol.